The summed E-state index contributed by atoms with van der Waals surface area (Å²) in [4.78, 5) is 23.6. The van der Waals surface area contributed by atoms with Crippen LogP contribution in [0.25, 0.3) is 0 Å². The summed E-state index contributed by atoms with van der Waals surface area (Å²) in [5.41, 5.74) is 0.896. The molecule has 1 heterocycles. The fraction of sp³-hybridized carbons (Fsp3) is 0.556. The average Bonchev–Trinajstić information content (AvgIpc) is 2.60. The molecule has 1 aliphatic rings. The van der Waals surface area contributed by atoms with E-state index >= 15 is 0 Å². The zero-order valence-corrected chi connectivity index (χ0v) is 14.0. The van der Waals surface area contributed by atoms with Gasteiger partial charge < -0.3 is 24.9 Å². The predicted molar refractivity (Wildman–Crippen MR) is 87.4 cm³/mol. The Labute approximate surface area is 142 Å². The molecule has 0 aliphatic carbocycles. The second kappa shape index (κ2) is 9.93. The number of hydrogen-bond acceptors (Lipinski definition) is 4. The third-order valence-corrected chi connectivity index (χ3v) is 4.28. The van der Waals surface area contributed by atoms with E-state index in [1.165, 1.54) is 32.4 Å². The van der Waals surface area contributed by atoms with Crippen LogP contribution < -0.4 is 20.1 Å². The normalized spacial score (nSPS) is 15.0. The lowest BCUT2D eigenvalue weighted by atomic mass is 10.1. The molecule has 0 aromatic heterocycles. The summed E-state index contributed by atoms with van der Waals surface area (Å²) in [6.07, 6.45) is 3.60. The quantitative estimate of drug-likeness (QED) is 0.624. The highest BCUT2D eigenvalue weighted by molar-refractivity contribution is 5.80. The Hall–Kier alpha value is -2.08. The first-order valence-electron chi connectivity index (χ1n) is 8.66. The summed E-state index contributed by atoms with van der Waals surface area (Å²) >= 11 is 0. The molecular formula is C18H26N2O4. The van der Waals surface area contributed by atoms with Crippen LogP contribution in [0.2, 0.25) is 0 Å². The van der Waals surface area contributed by atoms with Gasteiger partial charge in [0.2, 0.25) is 5.91 Å². The lowest BCUT2D eigenvalue weighted by Gasteiger charge is -2.23. The highest BCUT2D eigenvalue weighted by Crippen LogP contribution is 2.17. The molecule has 24 heavy (non-hydrogen) atoms. The van der Waals surface area contributed by atoms with Crippen molar-refractivity contribution in [1.29, 1.82) is 0 Å². The van der Waals surface area contributed by atoms with Crippen LogP contribution in [-0.4, -0.2) is 38.1 Å². The molecule has 1 aromatic carbocycles. The summed E-state index contributed by atoms with van der Waals surface area (Å²) in [5, 5.41) is 13.1. The Morgan fingerprint density at radius 2 is 1.88 bits per heavy atom. The second-order valence-corrected chi connectivity index (χ2v) is 6.17. The number of likely N-dealkylation sites (tertiary alicyclic amines) is 1. The number of quaternary nitrogens is 1. The van der Waals surface area contributed by atoms with Crippen molar-refractivity contribution in [1.82, 2.24) is 5.32 Å². The number of carboxylic acids is 1. The van der Waals surface area contributed by atoms with Crippen molar-refractivity contribution in [2.45, 2.75) is 38.6 Å². The molecule has 2 N–H and O–H groups in total. The molecule has 0 radical (unpaired) electrons. The molecule has 0 spiro atoms. The summed E-state index contributed by atoms with van der Waals surface area (Å²) < 4.78 is 5.89. The molecule has 0 atom stereocenters. The number of carbonyl (C=O) groups is 2. The van der Waals surface area contributed by atoms with Gasteiger partial charge in [0.05, 0.1) is 13.1 Å². The molecule has 0 bridgehead atoms. The maximum absolute atomic E-state index is 11.6. The highest BCUT2D eigenvalue weighted by atomic mass is 16.5. The van der Waals surface area contributed by atoms with Gasteiger partial charge in [-0.15, -0.1) is 0 Å². The van der Waals surface area contributed by atoms with Crippen LogP contribution in [0.5, 0.6) is 5.75 Å². The third-order valence-electron chi connectivity index (χ3n) is 4.28. The van der Waals surface area contributed by atoms with E-state index in [4.69, 9.17) is 4.74 Å². The first kappa shape index (κ1) is 18.3. The molecule has 1 fully saturated rings. The molecule has 6 nitrogen and oxygen atoms in total. The third kappa shape index (κ3) is 6.58. The average molecular weight is 334 g/mol. The van der Waals surface area contributed by atoms with E-state index in [9.17, 15) is 14.7 Å². The highest BCUT2D eigenvalue weighted by Gasteiger charge is 2.13. The number of hydrogen-bond donors (Lipinski definition) is 2. The molecule has 2 rings (SSSR count). The SMILES string of the molecule is O=C([O-])CCC(=O)NCc1ccccc1OCC[NH+]1CCCCC1. The van der Waals surface area contributed by atoms with E-state index in [1.54, 1.807) is 4.90 Å². The van der Waals surface area contributed by atoms with Gasteiger partial charge in [0, 0.05) is 24.5 Å². The van der Waals surface area contributed by atoms with Gasteiger partial charge in [0.15, 0.2) is 0 Å². The number of aliphatic carboxylic acids is 1. The van der Waals surface area contributed by atoms with Gasteiger partial charge in [0.25, 0.3) is 0 Å². The van der Waals surface area contributed by atoms with E-state index in [-0.39, 0.29) is 18.7 Å². The molecule has 0 saturated carbocycles. The number of para-hydroxylation sites is 1. The summed E-state index contributed by atoms with van der Waals surface area (Å²) in [6.45, 7) is 4.43. The van der Waals surface area contributed by atoms with Gasteiger partial charge in [-0.25, -0.2) is 0 Å². The zero-order valence-electron chi connectivity index (χ0n) is 14.0. The molecular weight excluding hydrogens is 308 g/mol. The van der Waals surface area contributed by atoms with Crippen molar-refractivity contribution in [3.05, 3.63) is 29.8 Å². The monoisotopic (exact) mass is 334 g/mol. The van der Waals surface area contributed by atoms with Crippen LogP contribution in [0.3, 0.4) is 0 Å². The Morgan fingerprint density at radius 1 is 1.12 bits per heavy atom. The Kier molecular flexibility index (Phi) is 7.55. The van der Waals surface area contributed by atoms with Crippen LogP contribution in [0.15, 0.2) is 24.3 Å². The first-order chi connectivity index (χ1) is 11.6. The lowest BCUT2D eigenvalue weighted by Crippen LogP contribution is -3.13. The van der Waals surface area contributed by atoms with Crippen molar-refractivity contribution in [2.75, 3.05) is 26.2 Å². The van der Waals surface area contributed by atoms with Gasteiger partial charge in [-0.3, -0.25) is 4.79 Å². The number of ether oxygens (including phenoxy) is 1. The first-order valence-corrected chi connectivity index (χ1v) is 8.66. The minimum absolute atomic E-state index is 0.0658. The Bertz CT molecular complexity index is 542. The number of nitrogens with one attached hydrogen (secondary N) is 2. The largest absolute Gasteiger partial charge is 0.550 e. The molecule has 1 saturated heterocycles. The fourth-order valence-electron chi connectivity index (χ4n) is 2.90. The van der Waals surface area contributed by atoms with Gasteiger partial charge in [0.1, 0.15) is 18.9 Å². The van der Waals surface area contributed by atoms with Gasteiger partial charge in [-0.1, -0.05) is 18.2 Å². The maximum atomic E-state index is 11.6. The van der Waals surface area contributed by atoms with Crippen LogP contribution in [0, 0.1) is 0 Å². The number of amides is 1. The number of carbonyl (C=O) groups excluding carboxylic acids is 2. The molecule has 6 heteroatoms. The van der Waals surface area contributed by atoms with Crippen LogP contribution >= 0.6 is 0 Å². The van der Waals surface area contributed by atoms with Crippen LogP contribution in [0.1, 0.15) is 37.7 Å². The predicted octanol–water partition coefficient (Wildman–Crippen LogP) is -0.719. The zero-order chi connectivity index (χ0) is 17.2. The van der Waals surface area contributed by atoms with Crippen molar-refractivity contribution >= 4 is 11.9 Å². The smallest absolute Gasteiger partial charge is 0.220 e. The van der Waals surface area contributed by atoms with Crippen molar-refractivity contribution in [3.63, 3.8) is 0 Å². The van der Waals surface area contributed by atoms with E-state index in [0.717, 1.165) is 17.9 Å². The van der Waals surface area contributed by atoms with Crippen molar-refractivity contribution < 1.29 is 24.3 Å². The van der Waals surface area contributed by atoms with Crippen LogP contribution in [0.4, 0.5) is 0 Å². The van der Waals surface area contributed by atoms with Crippen LogP contribution in [-0.2, 0) is 16.1 Å². The Morgan fingerprint density at radius 3 is 2.62 bits per heavy atom. The molecule has 1 amide bonds. The van der Waals surface area contributed by atoms with Gasteiger partial charge in [-0.2, -0.15) is 0 Å². The number of rotatable bonds is 9. The minimum atomic E-state index is -1.21. The summed E-state index contributed by atoms with van der Waals surface area (Å²) in [5.74, 6) is -0.741. The van der Waals surface area contributed by atoms with E-state index in [2.05, 4.69) is 5.32 Å². The van der Waals surface area contributed by atoms with Gasteiger partial charge in [-0.05, 0) is 31.7 Å². The standard InChI is InChI=1S/C18H26N2O4/c21-17(8-9-18(22)23)19-14-15-6-2-3-7-16(15)24-13-12-20-10-4-1-5-11-20/h2-3,6-7H,1,4-5,8-14H2,(H,19,21)(H,22,23). The van der Waals surface area contributed by atoms with E-state index in [0.29, 0.717) is 13.2 Å². The van der Waals surface area contributed by atoms with E-state index in [1.807, 2.05) is 24.3 Å². The lowest BCUT2D eigenvalue weighted by molar-refractivity contribution is -0.904. The van der Waals surface area contributed by atoms with Crippen molar-refractivity contribution in [3.8, 4) is 5.75 Å². The summed E-state index contributed by atoms with van der Waals surface area (Å²) in [7, 11) is 0. The molecule has 132 valence electrons. The molecule has 0 unspecified atom stereocenters. The van der Waals surface area contributed by atoms with E-state index < -0.39 is 5.97 Å². The van der Waals surface area contributed by atoms with Gasteiger partial charge >= 0.3 is 0 Å². The van der Waals surface area contributed by atoms with Crippen molar-refractivity contribution in [2.24, 2.45) is 0 Å². The summed E-state index contributed by atoms with van der Waals surface area (Å²) in [6, 6.07) is 7.60. The fourth-order valence-corrected chi connectivity index (χ4v) is 2.90. The molecule has 1 aromatic rings. The number of benzene rings is 1. The maximum Gasteiger partial charge on any atom is 0.220 e. The number of piperidine rings is 1. The molecule has 1 aliphatic heterocycles. The minimum Gasteiger partial charge on any atom is -0.550 e. The topological polar surface area (TPSA) is 82.9 Å². The second-order valence-electron chi connectivity index (χ2n) is 6.17. The number of carboxylic acid groups (broad SMARTS) is 1. The Balaban J connectivity index is 1.76.